The summed E-state index contributed by atoms with van der Waals surface area (Å²) >= 11 is 0. The average molecular weight is 999 g/mol. The van der Waals surface area contributed by atoms with E-state index in [4.69, 9.17) is 34.3 Å². The van der Waals surface area contributed by atoms with Crippen LogP contribution in [0.15, 0.2) is 260 Å². The van der Waals surface area contributed by atoms with Crippen molar-refractivity contribution in [3.8, 4) is 79.2 Å². The highest BCUT2D eigenvalue weighted by Crippen LogP contribution is 2.49. The SMILES string of the molecule is C=C/C=C(\C=C/C)c1nc(-c2ccccc2)nc(-c2c3ccccc3c(-c3cccc4oc5cc(-c6c7ccccc7c(-c7nc(-c8ccccc8)nc(-c8ccccc8)n7)c7ccccc67)ccc5c34)c3ccccc23)n1. The lowest BCUT2D eigenvalue weighted by atomic mass is 9.86. The molecule has 0 saturated carbocycles. The van der Waals surface area contributed by atoms with Crippen molar-refractivity contribution in [2.75, 3.05) is 0 Å². The molecule has 366 valence electrons. The molecule has 0 N–H and O–H groups in total. The second-order valence-corrected chi connectivity index (χ2v) is 19.2. The Morgan fingerprint density at radius 2 is 0.769 bits per heavy atom. The molecule has 0 aliphatic carbocycles. The van der Waals surface area contributed by atoms with Crippen molar-refractivity contribution in [3.05, 3.63) is 261 Å². The topological polar surface area (TPSA) is 90.5 Å². The average Bonchev–Trinajstić information content (AvgIpc) is 4.04. The smallest absolute Gasteiger partial charge is 0.165 e. The van der Waals surface area contributed by atoms with E-state index in [1.807, 2.05) is 116 Å². The number of fused-ring (bicyclic) bond motifs is 7. The van der Waals surface area contributed by atoms with E-state index in [1.54, 1.807) is 6.08 Å². The number of hydrogen-bond acceptors (Lipinski definition) is 7. The minimum Gasteiger partial charge on any atom is -0.456 e. The van der Waals surface area contributed by atoms with Crippen LogP contribution in [0.25, 0.3) is 150 Å². The number of benzene rings is 11. The minimum atomic E-state index is 0.567. The Labute approximate surface area is 450 Å². The normalized spacial score (nSPS) is 12.0. The molecule has 3 aromatic heterocycles. The van der Waals surface area contributed by atoms with Gasteiger partial charge in [0, 0.05) is 44.2 Å². The van der Waals surface area contributed by atoms with Crippen molar-refractivity contribution in [3.63, 3.8) is 0 Å². The lowest BCUT2D eigenvalue weighted by molar-refractivity contribution is 0.669. The molecule has 7 nitrogen and oxygen atoms in total. The van der Waals surface area contributed by atoms with Gasteiger partial charge in [0.15, 0.2) is 34.9 Å². The molecule has 11 aromatic carbocycles. The summed E-state index contributed by atoms with van der Waals surface area (Å²) in [7, 11) is 0. The van der Waals surface area contributed by atoms with Crippen LogP contribution >= 0.6 is 0 Å². The van der Waals surface area contributed by atoms with Gasteiger partial charge in [-0.1, -0.05) is 237 Å². The summed E-state index contributed by atoms with van der Waals surface area (Å²) in [6.07, 6.45) is 7.71. The zero-order chi connectivity index (χ0) is 52.1. The fourth-order valence-electron chi connectivity index (χ4n) is 11.3. The Kier molecular flexibility index (Phi) is 11.4. The summed E-state index contributed by atoms with van der Waals surface area (Å²) in [4.78, 5) is 31.1. The molecule has 0 aliphatic heterocycles. The summed E-state index contributed by atoms with van der Waals surface area (Å²) in [5.74, 6) is 3.60. The first-order valence-corrected chi connectivity index (χ1v) is 26.1. The van der Waals surface area contributed by atoms with Gasteiger partial charge in [0.1, 0.15) is 11.2 Å². The van der Waals surface area contributed by atoms with Crippen LogP contribution in [0.4, 0.5) is 0 Å². The maximum Gasteiger partial charge on any atom is 0.165 e. The fraction of sp³-hybridized carbons (Fsp3) is 0.0141. The van der Waals surface area contributed by atoms with E-state index in [1.165, 1.54) is 0 Å². The van der Waals surface area contributed by atoms with Gasteiger partial charge >= 0.3 is 0 Å². The van der Waals surface area contributed by atoms with Crippen LogP contribution < -0.4 is 0 Å². The molecule has 0 spiro atoms. The monoisotopic (exact) mass is 998 g/mol. The van der Waals surface area contributed by atoms with Gasteiger partial charge in [-0.3, -0.25) is 0 Å². The van der Waals surface area contributed by atoms with Gasteiger partial charge in [-0.25, -0.2) is 29.9 Å². The first-order chi connectivity index (χ1) is 38.6. The summed E-state index contributed by atoms with van der Waals surface area (Å²) < 4.78 is 6.98. The minimum absolute atomic E-state index is 0.567. The number of hydrogen-bond donors (Lipinski definition) is 0. The van der Waals surface area contributed by atoms with Crippen molar-refractivity contribution >= 4 is 70.6 Å². The second kappa shape index (κ2) is 19.3. The van der Waals surface area contributed by atoms with Crippen LogP contribution in [0, 0.1) is 0 Å². The standard InChI is InChI=1S/C71H46N6O/c1-3-23-44(24-4-2)66-72-67(45-25-8-5-9-26-45)75-71(74-66)65-55-37-20-16-33-51(55)62(52-34-17-21-38-56(52)65)58-39-22-40-59-63(58)57-42-41-48(43-60(57)78-59)61-49-31-14-18-35-53(49)64(54-36-19-15-32-50(54)61)70-76-68(46-27-10-6-11-28-46)73-69(77-70)47-29-12-7-13-30-47/h3-43H,1H2,2H3/b24-4-,44-23+. The Hall–Kier alpha value is -10.5. The third-order valence-corrected chi connectivity index (χ3v) is 14.6. The van der Waals surface area contributed by atoms with Gasteiger partial charge in [-0.15, -0.1) is 0 Å². The van der Waals surface area contributed by atoms with Crippen LogP contribution in [0.1, 0.15) is 12.7 Å². The van der Waals surface area contributed by atoms with Gasteiger partial charge in [0.05, 0.1) is 0 Å². The molecule has 7 heteroatoms. The van der Waals surface area contributed by atoms with Crippen LogP contribution in [-0.4, -0.2) is 29.9 Å². The lowest BCUT2D eigenvalue weighted by Crippen LogP contribution is -2.03. The van der Waals surface area contributed by atoms with Gasteiger partial charge in [0.2, 0.25) is 0 Å². The second-order valence-electron chi connectivity index (χ2n) is 19.2. The number of rotatable bonds is 10. The van der Waals surface area contributed by atoms with Crippen LogP contribution in [0.3, 0.4) is 0 Å². The third kappa shape index (κ3) is 7.83. The van der Waals surface area contributed by atoms with Gasteiger partial charge < -0.3 is 4.42 Å². The highest BCUT2D eigenvalue weighted by Gasteiger charge is 2.25. The molecule has 0 amide bonds. The zero-order valence-electron chi connectivity index (χ0n) is 42.5. The zero-order valence-corrected chi connectivity index (χ0v) is 42.5. The van der Waals surface area contributed by atoms with E-state index in [2.05, 4.69) is 140 Å². The van der Waals surface area contributed by atoms with Crippen LogP contribution in [0.2, 0.25) is 0 Å². The van der Waals surface area contributed by atoms with Crippen molar-refractivity contribution < 1.29 is 4.42 Å². The Morgan fingerprint density at radius 1 is 0.359 bits per heavy atom. The molecule has 0 bridgehead atoms. The maximum absolute atomic E-state index is 6.98. The van der Waals surface area contributed by atoms with Crippen molar-refractivity contribution in [1.82, 2.24) is 29.9 Å². The van der Waals surface area contributed by atoms with Crippen molar-refractivity contribution in [2.24, 2.45) is 0 Å². The number of aromatic nitrogens is 6. The lowest BCUT2D eigenvalue weighted by Gasteiger charge is -2.18. The van der Waals surface area contributed by atoms with Crippen LogP contribution in [-0.2, 0) is 0 Å². The predicted octanol–water partition coefficient (Wildman–Crippen LogP) is 18.4. The third-order valence-electron chi connectivity index (χ3n) is 14.6. The molecular weight excluding hydrogens is 953 g/mol. The fourth-order valence-corrected chi connectivity index (χ4v) is 11.3. The first-order valence-electron chi connectivity index (χ1n) is 26.1. The molecule has 0 atom stereocenters. The predicted molar refractivity (Wildman–Crippen MR) is 322 cm³/mol. The van der Waals surface area contributed by atoms with E-state index in [0.29, 0.717) is 34.9 Å². The van der Waals surface area contributed by atoms with Crippen molar-refractivity contribution in [1.29, 1.82) is 0 Å². The highest BCUT2D eigenvalue weighted by atomic mass is 16.3. The van der Waals surface area contributed by atoms with Crippen molar-refractivity contribution in [2.45, 2.75) is 6.92 Å². The number of nitrogens with zero attached hydrogens (tertiary/aromatic N) is 6. The Bertz CT molecular complexity index is 4580. The molecule has 0 aliphatic rings. The molecule has 0 radical (unpaired) electrons. The molecule has 0 unspecified atom stereocenters. The number of allylic oxidation sites excluding steroid dienone is 5. The maximum atomic E-state index is 6.98. The highest BCUT2D eigenvalue weighted by molar-refractivity contribution is 6.26. The molecule has 78 heavy (non-hydrogen) atoms. The summed E-state index contributed by atoms with van der Waals surface area (Å²) in [6.45, 7) is 6.00. The quantitative estimate of drug-likeness (QED) is 0.0996. The van der Waals surface area contributed by atoms with Gasteiger partial charge in [-0.2, -0.15) is 0 Å². The number of furan rings is 1. The van der Waals surface area contributed by atoms with Crippen LogP contribution in [0.5, 0.6) is 0 Å². The largest absolute Gasteiger partial charge is 0.456 e. The molecule has 14 rings (SSSR count). The van der Waals surface area contributed by atoms with Gasteiger partial charge in [0.25, 0.3) is 0 Å². The summed E-state index contributed by atoms with van der Waals surface area (Å²) in [5.41, 5.74) is 11.4. The van der Waals surface area contributed by atoms with E-state index in [9.17, 15) is 0 Å². The van der Waals surface area contributed by atoms with E-state index < -0.39 is 0 Å². The van der Waals surface area contributed by atoms with E-state index in [0.717, 1.165) is 121 Å². The molecular formula is C71H46N6O. The molecule has 14 aromatic rings. The summed E-state index contributed by atoms with van der Waals surface area (Å²) in [6, 6.07) is 77.9. The van der Waals surface area contributed by atoms with E-state index in [-0.39, 0.29) is 0 Å². The Morgan fingerprint density at radius 3 is 1.24 bits per heavy atom. The first kappa shape index (κ1) is 46.1. The molecule has 0 fully saturated rings. The summed E-state index contributed by atoms with van der Waals surface area (Å²) in [5, 5.41) is 10.5. The molecule has 0 saturated heterocycles. The Balaban J connectivity index is 0.963. The van der Waals surface area contributed by atoms with Gasteiger partial charge in [-0.05, 0) is 90.5 Å². The molecule has 3 heterocycles. The van der Waals surface area contributed by atoms with E-state index >= 15 is 0 Å².